The van der Waals surface area contributed by atoms with Gasteiger partial charge in [-0.15, -0.1) is 0 Å². The summed E-state index contributed by atoms with van der Waals surface area (Å²) >= 11 is 2.25. The Morgan fingerprint density at radius 1 is 1.47 bits per heavy atom. The lowest BCUT2D eigenvalue weighted by Gasteiger charge is -2.28. The van der Waals surface area contributed by atoms with Crippen LogP contribution < -0.4 is 0 Å². The van der Waals surface area contributed by atoms with Gasteiger partial charge in [-0.2, -0.15) is 0 Å². The summed E-state index contributed by atoms with van der Waals surface area (Å²) in [6.45, 7) is 3.86. The predicted molar refractivity (Wildman–Crippen MR) is 69.1 cm³/mol. The van der Waals surface area contributed by atoms with Crippen molar-refractivity contribution in [2.45, 2.75) is 19.8 Å². The molecular formula is C12H14INO. The van der Waals surface area contributed by atoms with E-state index in [1.165, 1.54) is 5.56 Å². The number of hydrogen-bond acceptors (Lipinski definition) is 1. The van der Waals surface area contributed by atoms with Crippen molar-refractivity contribution < 1.29 is 4.79 Å². The molecular weight excluding hydrogens is 301 g/mol. The van der Waals surface area contributed by atoms with Crippen LogP contribution in [0.4, 0.5) is 0 Å². The first kappa shape index (κ1) is 10.9. The number of halogens is 1. The maximum Gasteiger partial charge on any atom is 0.254 e. The molecule has 0 N–H and O–H groups in total. The molecule has 2 nitrogen and oxygen atoms in total. The second-order valence-corrected chi connectivity index (χ2v) is 5.09. The third-order valence-corrected chi connectivity index (χ3v) is 3.41. The quantitative estimate of drug-likeness (QED) is 0.769. The SMILES string of the molecule is CCCN1CCc2ccc(I)cc2C1=O. The highest BCUT2D eigenvalue weighted by molar-refractivity contribution is 14.1. The Morgan fingerprint density at radius 3 is 3.00 bits per heavy atom. The second-order valence-electron chi connectivity index (χ2n) is 3.84. The van der Waals surface area contributed by atoms with Crippen molar-refractivity contribution in [1.29, 1.82) is 0 Å². The Labute approximate surface area is 104 Å². The van der Waals surface area contributed by atoms with Gasteiger partial charge in [0.2, 0.25) is 0 Å². The van der Waals surface area contributed by atoms with Gasteiger partial charge in [0.25, 0.3) is 5.91 Å². The molecule has 0 radical (unpaired) electrons. The lowest BCUT2D eigenvalue weighted by molar-refractivity contribution is 0.0740. The molecule has 1 heterocycles. The Morgan fingerprint density at radius 2 is 2.27 bits per heavy atom. The summed E-state index contributed by atoms with van der Waals surface area (Å²) in [5.74, 6) is 0.205. The van der Waals surface area contributed by atoms with Gasteiger partial charge in [0.1, 0.15) is 0 Å². The molecule has 1 aromatic carbocycles. The van der Waals surface area contributed by atoms with E-state index in [4.69, 9.17) is 0 Å². The number of amides is 1. The smallest absolute Gasteiger partial charge is 0.254 e. The van der Waals surface area contributed by atoms with Gasteiger partial charge in [-0.25, -0.2) is 0 Å². The molecule has 0 aliphatic carbocycles. The van der Waals surface area contributed by atoms with Gasteiger partial charge in [-0.1, -0.05) is 13.0 Å². The first-order valence-electron chi connectivity index (χ1n) is 5.30. The molecule has 0 fully saturated rings. The lowest BCUT2D eigenvalue weighted by Crippen LogP contribution is -2.38. The van der Waals surface area contributed by atoms with E-state index in [-0.39, 0.29) is 5.91 Å². The third kappa shape index (κ3) is 2.17. The minimum atomic E-state index is 0.205. The number of hydrogen-bond donors (Lipinski definition) is 0. The molecule has 0 saturated carbocycles. The number of rotatable bonds is 2. The molecule has 0 saturated heterocycles. The summed E-state index contributed by atoms with van der Waals surface area (Å²) in [7, 11) is 0. The molecule has 1 amide bonds. The molecule has 80 valence electrons. The lowest BCUT2D eigenvalue weighted by atomic mass is 9.99. The Bertz CT molecular complexity index is 389. The minimum Gasteiger partial charge on any atom is -0.338 e. The fraction of sp³-hybridized carbons (Fsp3) is 0.417. The third-order valence-electron chi connectivity index (χ3n) is 2.73. The monoisotopic (exact) mass is 315 g/mol. The zero-order valence-corrected chi connectivity index (χ0v) is 11.0. The maximum atomic E-state index is 12.1. The molecule has 15 heavy (non-hydrogen) atoms. The molecule has 0 aromatic heterocycles. The zero-order chi connectivity index (χ0) is 10.8. The van der Waals surface area contributed by atoms with Crippen molar-refractivity contribution in [1.82, 2.24) is 4.90 Å². The van der Waals surface area contributed by atoms with Crippen LogP contribution in [0.15, 0.2) is 18.2 Å². The topological polar surface area (TPSA) is 20.3 Å². The van der Waals surface area contributed by atoms with E-state index in [0.717, 1.165) is 35.1 Å². The van der Waals surface area contributed by atoms with Crippen LogP contribution in [0, 0.1) is 3.57 Å². The van der Waals surface area contributed by atoms with E-state index in [1.54, 1.807) is 0 Å². The fourth-order valence-electron chi connectivity index (χ4n) is 1.98. The predicted octanol–water partition coefficient (Wildman–Crippen LogP) is 2.70. The highest BCUT2D eigenvalue weighted by Crippen LogP contribution is 2.21. The molecule has 0 spiro atoms. The van der Waals surface area contributed by atoms with E-state index in [9.17, 15) is 4.79 Å². The Hall–Kier alpha value is -0.580. The van der Waals surface area contributed by atoms with Crippen LogP contribution in [0.5, 0.6) is 0 Å². The van der Waals surface area contributed by atoms with E-state index in [2.05, 4.69) is 41.6 Å². The van der Waals surface area contributed by atoms with Gasteiger partial charge >= 0.3 is 0 Å². The molecule has 3 heteroatoms. The van der Waals surface area contributed by atoms with Crippen LogP contribution in [0.1, 0.15) is 29.3 Å². The van der Waals surface area contributed by atoms with Crippen molar-refractivity contribution in [3.05, 3.63) is 32.9 Å². The highest BCUT2D eigenvalue weighted by atomic mass is 127. The van der Waals surface area contributed by atoms with Crippen LogP contribution in [0.3, 0.4) is 0 Å². The number of benzene rings is 1. The standard InChI is InChI=1S/C12H14INO/c1-2-6-14-7-5-9-3-4-10(13)8-11(9)12(14)15/h3-4,8H,2,5-7H2,1H3. The molecule has 1 aliphatic heterocycles. The largest absolute Gasteiger partial charge is 0.338 e. The van der Waals surface area contributed by atoms with Crippen molar-refractivity contribution in [2.75, 3.05) is 13.1 Å². The summed E-state index contributed by atoms with van der Waals surface area (Å²) in [6.07, 6.45) is 2.03. The molecule has 0 bridgehead atoms. The maximum absolute atomic E-state index is 12.1. The van der Waals surface area contributed by atoms with Crippen LogP contribution in [-0.2, 0) is 6.42 Å². The van der Waals surface area contributed by atoms with Crippen LogP contribution >= 0.6 is 22.6 Å². The molecule has 1 aliphatic rings. The van der Waals surface area contributed by atoms with E-state index in [0.29, 0.717) is 0 Å². The summed E-state index contributed by atoms with van der Waals surface area (Å²) in [5, 5.41) is 0. The summed E-state index contributed by atoms with van der Waals surface area (Å²) < 4.78 is 1.14. The normalized spacial score (nSPS) is 15.3. The van der Waals surface area contributed by atoms with Crippen LogP contribution in [0.25, 0.3) is 0 Å². The van der Waals surface area contributed by atoms with E-state index < -0.39 is 0 Å². The zero-order valence-electron chi connectivity index (χ0n) is 8.79. The first-order chi connectivity index (χ1) is 7.22. The summed E-state index contributed by atoms with van der Waals surface area (Å²) in [4.78, 5) is 14.0. The van der Waals surface area contributed by atoms with Gasteiger partial charge < -0.3 is 4.90 Å². The van der Waals surface area contributed by atoms with Gasteiger partial charge in [0, 0.05) is 22.2 Å². The molecule has 0 unspecified atom stereocenters. The fourth-order valence-corrected chi connectivity index (χ4v) is 2.47. The Balaban J connectivity index is 2.32. The van der Waals surface area contributed by atoms with Crippen LogP contribution in [-0.4, -0.2) is 23.9 Å². The van der Waals surface area contributed by atoms with Gasteiger partial charge in [0.15, 0.2) is 0 Å². The second kappa shape index (κ2) is 4.51. The average molecular weight is 315 g/mol. The van der Waals surface area contributed by atoms with Gasteiger partial charge in [-0.3, -0.25) is 4.79 Å². The number of nitrogens with zero attached hydrogens (tertiary/aromatic N) is 1. The number of carbonyl (C=O) groups is 1. The van der Waals surface area contributed by atoms with E-state index >= 15 is 0 Å². The minimum absolute atomic E-state index is 0.205. The Kier molecular flexibility index (Phi) is 3.29. The van der Waals surface area contributed by atoms with Crippen molar-refractivity contribution in [3.8, 4) is 0 Å². The number of carbonyl (C=O) groups excluding carboxylic acids is 1. The van der Waals surface area contributed by atoms with Crippen LogP contribution in [0.2, 0.25) is 0 Å². The molecule has 0 atom stereocenters. The van der Waals surface area contributed by atoms with Crippen molar-refractivity contribution in [3.63, 3.8) is 0 Å². The van der Waals surface area contributed by atoms with Gasteiger partial charge in [-0.05, 0) is 53.1 Å². The van der Waals surface area contributed by atoms with E-state index in [1.807, 2.05) is 11.0 Å². The summed E-state index contributed by atoms with van der Waals surface area (Å²) in [5.41, 5.74) is 2.11. The summed E-state index contributed by atoms with van der Waals surface area (Å²) in [6, 6.07) is 6.15. The average Bonchev–Trinajstić information content (AvgIpc) is 2.23. The number of fused-ring (bicyclic) bond motifs is 1. The molecule has 1 aromatic rings. The van der Waals surface area contributed by atoms with Gasteiger partial charge in [0.05, 0.1) is 0 Å². The van der Waals surface area contributed by atoms with Crippen molar-refractivity contribution >= 4 is 28.5 Å². The molecule has 2 rings (SSSR count). The highest BCUT2D eigenvalue weighted by Gasteiger charge is 2.23. The first-order valence-corrected chi connectivity index (χ1v) is 6.38. The van der Waals surface area contributed by atoms with Crippen molar-refractivity contribution in [2.24, 2.45) is 0 Å².